The van der Waals surface area contributed by atoms with Crippen LogP contribution in [0.15, 0.2) is 79.0 Å². The molecule has 4 aromatic rings. The van der Waals surface area contributed by atoms with Crippen LogP contribution in [-0.2, 0) is 6.54 Å². The van der Waals surface area contributed by atoms with Crippen molar-refractivity contribution < 1.29 is 10.2 Å². The lowest BCUT2D eigenvalue weighted by Gasteiger charge is -2.05. The summed E-state index contributed by atoms with van der Waals surface area (Å²) in [5, 5.41) is 21.0. The van der Waals surface area contributed by atoms with Crippen molar-refractivity contribution in [2.75, 3.05) is 0 Å². The fourth-order valence-corrected chi connectivity index (χ4v) is 3.30. The fraction of sp³-hybridized carbons (Fsp3) is 0.0476. The number of phenolic OH excluding ortho intramolecular Hbond substituents is 2. The van der Waals surface area contributed by atoms with Gasteiger partial charge < -0.3 is 14.8 Å². The molecular weight excluding hydrogens is 309 g/mol. The Morgan fingerprint density at radius 2 is 1.52 bits per heavy atom. The first-order valence-electron chi connectivity index (χ1n) is 8.33. The van der Waals surface area contributed by atoms with Crippen molar-refractivity contribution in [3.8, 4) is 11.5 Å². The second-order valence-electron chi connectivity index (χ2n) is 6.25. The van der Waals surface area contributed by atoms with Crippen molar-refractivity contribution in [1.29, 1.82) is 0 Å². The number of hydrogen-bond donors (Lipinski definition) is 2. The molecule has 2 N–H and O–H groups in total. The average Bonchev–Trinajstić information content (AvgIpc) is 2.98. The van der Waals surface area contributed by atoms with E-state index >= 15 is 0 Å². The Morgan fingerprint density at radius 3 is 2.36 bits per heavy atom. The summed E-state index contributed by atoms with van der Waals surface area (Å²) in [7, 11) is 0.572. The molecule has 0 saturated heterocycles. The number of benzene rings is 3. The minimum absolute atomic E-state index is 0.0395. The van der Waals surface area contributed by atoms with Crippen LogP contribution in [0.4, 0.5) is 0 Å². The molecule has 0 radical (unpaired) electrons. The Balaban J connectivity index is 1.76. The predicted octanol–water partition coefficient (Wildman–Crippen LogP) is 2.49. The van der Waals surface area contributed by atoms with Crippen molar-refractivity contribution in [3.63, 3.8) is 0 Å². The van der Waals surface area contributed by atoms with Gasteiger partial charge in [-0.2, -0.15) is 0 Å². The van der Waals surface area contributed by atoms with Crippen LogP contribution >= 0.6 is 0 Å². The summed E-state index contributed by atoms with van der Waals surface area (Å²) in [6.45, 7) is 0.799. The van der Waals surface area contributed by atoms with Crippen molar-refractivity contribution in [2.24, 2.45) is 0 Å². The van der Waals surface area contributed by atoms with Crippen molar-refractivity contribution in [2.45, 2.75) is 6.54 Å². The summed E-state index contributed by atoms with van der Waals surface area (Å²) in [4.78, 5) is 0. The van der Waals surface area contributed by atoms with Gasteiger partial charge in [-0.1, -0.05) is 66.1 Å². The topological polar surface area (TPSA) is 45.4 Å². The molecule has 4 heteroatoms. The van der Waals surface area contributed by atoms with E-state index in [0.717, 1.165) is 17.5 Å². The van der Waals surface area contributed by atoms with Crippen molar-refractivity contribution >= 4 is 29.1 Å². The molecule has 0 amide bonds. The Hall–Kier alpha value is -3.14. The number of aromatic nitrogens is 1. The summed E-state index contributed by atoms with van der Waals surface area (Å²) in [5.41, 5.74) is 4.27. The summed E-state index contributed by atoms with van der Waals surface area (Å²) in [6, 6.07) is 23.7. The molecule has 0 bridgehead atoms. The maximum Gasteiger partial charge on any atom is 0.200 e. The van der Waals surface area contributed by atoms with Gasteiger partial charge in [-0.15, -0.1) is 0 Å². The number of fused-ring (bicyclic) bond motifs is 1. The first-order valence-corrected chi connectivity index (χ1v) is 8.33. The van der Waals surface area contributed by atoms with Gasteiger partial charge in [0.05, 0.1) is 0 Å². The van der Waals surface area contributed by atoms with Crippen LogP contribution < -0.4 is 10.9 Å². The summed E-state index contributed by atoms with van der Waals surface area (Å²) in [5.74, 6) is -0.118. The van der Waals surface area contributed by atoms with E-state index in [-0.39, 0.29) is 11.5 Å². The van der Waals surface area contributed by atoms with Gasteiger partial charge in [0, 0.05) is 12.1 Å². The minimum Gasteiger partial charge on any atom is -0.505 e. The third kappa shape index (κ3) is 2.99. The molecule has 25 heavy (non-hydrogen) atoms. The number of phenols is 2. The molecule has 0 aliphatic rings. The summed E-state index contributed by atoms with van der Waals surface area (Å²) in [6.07, 6.45) is 2.14. The van der Waals surface area contributed by atoms with Crippen LogP contribution in [0.1, 0.15) is 5.56 Å². The summed E-state index contributed by atoms with van der Waals surface area (Å²) < 4.78 is 2.24. The van der Waals surface area contributed by atoms with Crippen LogP contribution in [0.3, 0.4) is 0 Å². The normalized spacial score (nSPS) is 10.9. The third-order valence-corrected chi connectivity index (χ3v) is 4.55. The van der Waals surface area contributed by atoms with Gasteiger partial charge in [0.2, 0.25) is 0 Å². The van der Waals surface area contributed by atoms with Crippen LogP contribution in [0.2, 0.25) is 0 Å². The number of nitrogens with zero attached hydrogens (tertiary/aromatic N) is 1. The van der Waals surface area contributed by atoms with E-state index in [0.29, 0.717) is 7.28 Å². The predicted molar refractivity (Wildman–Crippen MR) is 104 cm³/mol. The van der Waals surface area contributed by atoms with Crippen molar-refractivity contribution in [1.82, 2.24) is 4.57 Å². The van der Waals surface area contributed by atoms with Gasteiger partial charge in [-0.25, -0.2) is 0 Å². The Kier molecular flexibility index (Phi) is 3.94. The highest BCUT2D eigenvalue weighted by Crippen LogP contribution is 2.21. The van der Waals surface area contributed by atoms with Crippen LogP contribution in [-0.4, -0.2) is 22.1 Å². The average molecular weight is 327 g/mol. The zero-order valence-electron chi connectivity index (χ0n) is 13.8. The second-order valence-corrected chi connectivity index (χ2v) is 6.25. The number of rotatable bonds is 4. The SMILES string of the molecule is Oc1cccc(Bc2cn(Cc3ccccc3)c3ccccc23)c1O. The minimum atomic E-state index is -0.0782. The van der Waals surface area contributed by atoms with E-state index < -0.39 is 0 Å². The highest BCUT2D eigenvalue weighted by Gasteiger charge is 2.13. The lowest BCUT2D eigenvalue weighted by molar-refractivity contribution is 0.406. The largest absolute Gasteiger partial charge is 0.505 e. The van der Waals surface area contributed by atoms with Crippen molar-refractivity contribution in [3.05, 3.63) is 84.6 Å². The molecule has 1 heterocycles. The molecule has 1 aromatic heterocycles. The van der Waals surface area contributed by atoms with Crippen LogP contribution in [0.25, 0.3) is 10.9 Å². The van der Waals surface area contributed by atoms with Gasteiger partial charge in [-0.05, 0) is 34.7 Å². The maximum atomic E-state index is 10.1. The van der Waals surface area contributed by atoms with Crippen LogP contribution in [0.5, 0.6) is 11.5 Å². The van der Waals surface area contributed by atoms with E-state index in [1.54, 1.807) is 6.07 Å². The molecule has 0 aliphatic heterocycles. The van der Waals surface area contributed by atoms with Gasteiger partial charge in [0.25, 0.3) is 0 Å². The highest BCUT2D eigenvalue weighted by atomic mass is 16.3. The van der Waals surface area contributed by atoms with Gasteiger partial charge in [0.15, 0.2) is 18.8 Å². The van der Waals surface area contributed by atoms with E-state index in [1.165, 1.54) is 22.5 Å². The van der Waals surface area contributed by atoms with E-state index in [4.69, 9.17) is 0 Å². The van der Waals surface area contributed by atoms with E-state index in [1.807, 2.05) is 36.4 Å². The number of aromatic hydroxyl groups is 2. The molecule has 0 unspecified atom stereocenters. The molecule has 4 rings (SSSR count). The number of para-hydroxylation sites is 2. The quantitative estimate of drug-likeness (QED) is 0.447. The Bertz CT molecular complexity index is 1020. The van der Waals surface area contributed by atoms with Gasteiger partial charge in [0.1, 0.15) is 0 Å². The van der Waals surface area contributed by atoms with E-state index in [2.05, 4.69) is 35.0 Å². The Morgan fingerprint density at radius 1 is 0.760 bits per heavy atom. The second kappa shape index (κ2) is 6.40. The van der Waals surface area contributed by atoms with E-state index in [9.17, 15) is 10.2 Å². The molecule has 0 spiro atoms. The summed E-state index contributed by atoms with van der Waals surface area (Å²) >= 11 is 0. The van der Waals surface area contributed by atoms with Gasteiger partial charge >= 0.3 is 0 Å². The van der Waals surface area contributed by atoms with Gasteiger partial charge in [-0.3, -0.25) is 0 Å². The zero-order valence-corrected chi connectivity index (χ0v) is 13.8. The zero-order chi connectivity index (χ0) is 17.2. The molecule has 0 aliphatic carbocycles. The lowest BCUT2D eigenvalue weighted by atomic mass is 9.63. The molecule has 3 nitrogen and oxygen atoms in total. The Labute approximate surface area is 147 Å². The molecule has 0 fully saturated rings. The first kappa shape index (κ1) is 15.4. The molecule has 0 atom stereocenters. The standard InChI is InChI=1S/C21H18BNO2/c24-20-12-6-10-17(21(20)25)22-18-14-23(13-15-7-2-1-3-8-15)19-11-5-4-9-16(18)19/h1-12,14,22,24-25H,13H2. The fourth-order valence-electron chi connectivity index (χ4n) is 3.30. The molecule has 122 valence electrons. The smallest absolute Gasteiger partial charge is 0.200 e. The molecular formula is C21H18BNO2. The highest BCUT2D eigenvalue weighted by molar-refractivity contribution is 6.70. The monoisotopic (exact) mass is 327 g/mol. The third-order valence-electron chi connectivity index (χ3n) is 4.55. The molecule has 3 aromatic carbocycles. The number of hydrogen-bond acceptors (Lipinski definition) is 2. The molecule has 0 saturated carbocycles. The lowest BCUT2D eigenvalue weighted by Crippen LogP contribution is -2.26. The first-order chi connectivity index (χ1) is 12.2. The van der Waals surface area contributed by atoms with Crippen LogP contribution in [0, 0.1) is 0 Å². The maximum absolute atomic E-state index is 10.1.